The summed E-state index contributed by atoms with van der Waals surface area (Å²) < 4.78 is 0. The number of carboxylic acids is 1. The molecule has 0 aliphatic rings. The summed E-state index contributed by atoms with van der Waals surface area (Å²) in [6.07, 6.45) is 0.557. The number of likely N-dealkylation sites (N-methyl/N-ethyl adjacent to an activating group) is 1. The van der Waals surface area contributed by atoms with Crippen LogP contribution in [0.2, 0.25) is 0 Å². The predicted molar refractivity (Wildman–Crippen MR) is 78.8 cm³/mol. The van der Waals surface area contributed by atoms with Crippen LogP contribution in [-0.4, -0.2) is 36.8 Å². The Hall–Kier alpha value is -1.55. The van der Waals surface area contributed by atoms with Crippen molar-refractivity contribution in [2.24, 2.45) is 0 Å². The Bertz CT molecular complexity index is 434. The molecule has 0 radical (unpaired) electrons. The highest BCUT2D eigenvalue weighted by atomic mass is 16.4. The topological polar surface area (TPSA) is 52.6 Å². The van der Waals surface area contributed by atoms with Crippen molar-refractivity contribution < 1.29 is 9.90 Å². The van der Waals surface area contributed by atoms with Gasteiger partial charge in [-0.25, -0.2) is 0 Å². The van der Waals surface area contributed by atoms with Crippen LogP contribution in [0, 0.1) is 6.92 Å². The first-order valence-electron chi connectivity index (χ1n) is 6.67. The molecule has 1 aromatic rings. The molecule has 1 aromatic carbocycles. The average Bonchev–Trinajstić information content (AvgIpc) is 2.40. The predicted octanol–water partition coefficient (Wildman–Crippen LogP) is 2.27. The van der Waals surface area contributed by atoms with Crippen molar-refractivity contribution >= 4 is 11.7 Å². The number of hydrogen-bond acceptors (Lipinski definition) is 3. The molecule has 0 spiro atoms. The number of nitrogens with zero attached hydrogens (tertiary/aromatic N) is 1. The summed E-state index contributed by atoms with van der Waals surface area (Å²) in [6, 6.07) is 8.18. The van der Waals surface area contributed by atoms with E-state index >= 15 is 0 Å². The normalized spacial score (nSPS) is 13.9. The number of carbonyl (C=O) groups is 1. The lowest BCUT2D eigenvalue weighted by Crippen LogP contribution is -2.49. The SMILES string of the molecule is CCN(CCC(C)(NC)C(=O)O)c1ccccc1C. The lowest BCUT2D eigenvalue weighted by Gasteiger charge is -2.30. The van der Waals surface area contributed by atoms with Gasteiger partial charge in [-0.1, -0.05) is 18.2 Å². The van der Waals surface area contributed by atoms with Gasteiger partial charge in [-0.2, -0.15) is 0 Å². The maximum Gasteiger partial charge on any atom is 0.323 e. The van der Waals surface area contributed by atoms with Gasteiger partial charge in [-0.15, -0.1) is 0 Å². The molecule has 4 heteroatoms. The lowest BCUT2D eigenvalue weighted by molar-refractivity contribution is -0.144. The Kier molecular flexibility index (Phi) is 5.36. The third-order valence-corrected chi connectivity index (χ3v) is 3.74. The molecule has 106 valence electrons. The first kappa shape index (κ1) is 15.5. The lowest BCUT2D eigenvalue weighted by atomic mass is 9.97. The minimum absolute atomic E-state index is 0.557. The number of para-hydroxylation sites is 1. The van der Waals surface area contributed by atoms with E-state index in [2.05, 4.69) is 36.2 Å². The van der Waals surface area contributed by atoms with E-state index in [0.717, 1.165) is 6.54 Å². The molecule has 0 aliphatic carbocycles. The molecule has 4 nitrogen and oxygen atoms in total. The van der Waals surface area contributed by atoms with E-state index in [9.17, 15) is 9.90 Å². The van der Waals surface area contributed by atoms with E-state index in [1.54, 1.807) is 14.0 Å². The zero-order chi connectivity index (χ0) is 14.5. The molecular formula is C15H24N2O2. The van der Waals surface area contributed by atoms with Gasteiger partial charge >= 0.3 is 5.97 Å². The van der Waals surface area contributed by atoms with E-state index in [4.69, 9.17) is 0 Å². The summed E-state index contributed by atoms with van der Waals surface area (Å²) in [6.45, 7) is 7.46. The van der Waals surface area contributed by atoms with Gasteiger partial charge in [0.2, 0.25) is 0 Å². The van der Waals surface area contributed by atoms with E-state index < -0.39 is 11.5 Å². The summed E-state index contributed by atoms with van der Waals surface area (Å²) >= 11 is 0. The molecular weight excluding hydrogens is 240 g/mol. The van der Waals surface area contributed by atoms with Gasteiger partial charge < -0.3 is 15.3 Å². The first-order chi connectivity index (χ1) is 8.94. The molecule has 2 N–H and O–H groups in total. The zero-order valence-electron chi connectivity index (χ0n) is 12.2. The fraction of sp³-hybridized carbons (Fsp3) is 0.533. The molecule has 0 saturated carbocycles. The van der Waals surface area contributed by atoms with Crippen molar-refractivity contribution in [2.45, 2.75) is 32.7 Å². The third-order valence-electron chi connectivity index (χ3n) is 3.74. The first-order valence-corrected chi connectivity index (χ1v) is 6.67. The molecule has 0 amide bonds. The number of carboxylic acid groups (broad SMARTS) is 1. The van der Waals surface area contributed by atoms with Gasteiger partial charge in [0.05, 0.1) is 0 Å². The third kappa shape index (κ3) is 3.70. The van der Waals surface area contributed by atoms with Crippen LogP contribution >= 0.6 is 0 Å². The van der Waals surface area contributed by atoms with Gasteiger partial charge in [-0.3, -0.25) is 4.79 Å². The Morgan fingerprint density at radius 2 is 2.05 bits per heavy atom. The van der Waals surface area contributed by atoms with Crippen LogP contribution in [0.4, 0.5) is 5.69 Å². The number of benzene rings is 1. The standard InChI is InChI=1S/C15H24N2O2/c1-5-17(13-9-7-6-8-12(13)2)11-10-15(3,16-4)14(18)19/h6-9,16H,5,10-11H2,1-4H3,(H,18,19). The highest BCUT2D eigenvalue weighted by Crippen LogP contribution is 2.21. The van der Waals surface area contributed by atoms with Crippen molar-refractivity contribution in [3.63, 3.8) is 0 Å². The van der Waals surface area contributed by atoms with Crippen LogP contribution in [0.5, 0.6) is 0 Å². The summed E-state index contributed by atoms with van der Waals surface area (Å²) in [4.78, 5) is 13.5. The largest absolute Gasteiger partial charge is 0.480 e. The monoisotopic (exact) mass is 264 g/mol. The van der Waals surface area contributed by atoms with E-state index in [1.165, 1.54) is 11.3 Å². The van der Waals surface area contributed by atoms with Crippen molar-refractivity contribution in [3.8, 4) is 0 Å². The zero-order valence-corrected chi connectivity index (χ0v) is 12.2. The molecule has 0 fully saturated rings. The van der Waals surface area contributed by atoms with Gasteiger partial charge in [0.1, 0.15) is 5.54 Å². The second kappa shape index (κ2) is 6.57. The number of aliphatic carboxylic acids is 1. The molecule has 0 aromatic heterocycles. The molecule has 1 atom stereocenters. The fourth-order valence-corrected chi connectivity index (χ4v) is 2.06. The number of anilines is 1. The van der Waals surface area contributed by atoms with E-state index in [1.807, 2.05) is 12.1 Å². The quantitative estimate of drug-likeness (QED) is 0.793. The molecule has 19 heavy (non-hydrogen) atoms. The molecule has 0 aliphatic heterocycles. The smallest absolute Gasteiger partial charge is 0.323 e. The van der Waals surface area contributed by atoms with Gasteiger partial charge in [0, 0.05) is 18.8 Å². The Labute approximate surface area is 115 Å². The Balaban J connectivity index is 2.79. The summed E-state index contributed by atoms with van der Waals surface area (Å²) in [7, 11) is 1.69. The second-order valence-corrected chi connectivity index (χ2v) is 5.00. The fourth-order valence-electron chi connectivity index (χ4n) is 2.06. The van der Waals surface area contributed by atoms with Crippen LogP contribution in [0.1, 0.15) is 25.8 Å². The van der Waals surface area contributed by atoms with Gasteiger partial charge in [0.25, 0.3) is 0 Å². The maximum atomic E-state index is 11.3. The Morgan fingerprint density at radius 1 is 1.42 bits per heavy atom. The van der Waals surface area contributed by atoms with Crippen LogP contribution < -0.4 is 10.2 Å². The van der Waals surface area contributed by atoms with Crippen molar-refractivity contribution in [1.29, 1.82) is 0 Å². The van der Waals surface area contributed by atoms with E-state index in [-0.39, 0.29) is 0 Å². The van der Waals surface area contributed by atoms with E-state index in [0.29, 0.717) is 13.0 Å². The number of hydrogen-bond donors (Lipinski definition) is 2. The molecule has 0 saturated heterocycles. The molecule has 0 heterocycles. The highest BCUT2D eigenvalue weighted by molar-refractivity contribution is 5.78. The van der Waals surface area contributed by atoms with Gasteiger partial charge in [0.15, 0.2) is 0 Å². The van der Waals surface area contributed by atoms with Gasteiger partial charge in [-0.05, 0) is 45.9 Å². The summed E-state index contributed by atoms with van der Waals surface area (Å²) in [5.41, 5.74) is 1.51. The second-order valence-electron chi connectivity index (χ2n) is 5.00. The van der Waals surface area contributed by atoms with Crippen LogP contribution in [0.3, 0.4) is 0 Å². The number of aryl methyl sites for hydroxylation is 1. The molecule has 0 bridgehead atoms. The molecule has 1 unspecified atom stereocenters. The summed E-state index contributed by atoms with van der Waals surface area (Å²) in [5.74, 6) is -0.809. The number of rotatable bonds is 7. The average molecular weight is 264 g/mol. The van der Waals surface area contributed by atoms with Crippen LogP contribution in [0.15, 0.2) is 24.3 Å². The maximum absolute atomic E-state index is 11.3. The van der Waals surface area contributed by atoms with Crippen molar-refractivity contribution in [2.75, 3.05) is 25.0 Å². The highest BCUT2D eigenvalue weighted by Gasteiger charge is 2.31. The minimum Gasteiger partial charge on any atom is -0.480 e. The molecule has 1 rings (SSSR count). The number of nitrogens with one attached hydrogen (secondary N) is 1. The van der Waals surface area contributed by atoms with Crippen LogP contribution in [-0.2, 0) is 4.79 Å². The van der Waals surface area contributed by atoms with Crippen molar-refractivity contribution in [1.82, 2.24) is 5.32 Å². The summed E-state index contributed by atoms with van der Waals surface area (Å²) in [5, 5.41) is 12.2. The Morgan fingerprint density at radius 3 is 2.53 bits per heavy atom. The minimum atomic E-state index is -0.879. The van der Waals surface area contributed by atoms with Crippen molar-refractivity contribution in [3.05, 3.63) is 29.8 Å². The van der Waals surface area contributed by atoms with Crippen LogP contribution in [0.25, 0.3) is 0 Å².